The minimum atomic E-state index is -0.426. The van der Waals surface area contributed by atoms with E-state index in [0.717, 1.165) is 23.4 Å². The van der Waals surface area contributed by atoms with Crippen LogP contribution in [0.25, 0.3) is 11.4 Å². The molecule has 1 unspecified atom stereocenters. The molecule has 0 radical (unpaired) electrons. The summed E-state index contributed by atoms with van der Waals surface area (Å²) in [5.41, 5.74) is 2.99. The maximum atomic E-state index is 13.2. The van der Waals surface area contributed by atoms with Crippen LogP contribution in [-0.4, -0.2) is 25.5 Å². The molecule has 1 aliphatic heterocycles. The van der Waals surface area contributed by atoms with Crippen LogP contribution in [0, 0.1) is 5.41 Å². The summed E-state index contributed by atoms with van der Waals surface area (Å²) in [4.78, 5) is 22.4. The van der Waals surface area contributed by atoms with Crippen molar-refractivity contribution in [2.45, 2.75) is 32.7 Å². The Kier molecular flexibility index (Phi) is 4.45. The summed E-state index contributed by atoms with van der Waals surface area (Å²) in [6, 6.07) is 10.5. The lowest BCUT2D eigenvalue weighted by atomic mass is 9.73. The van der Waals surface area contributed by atoms with Gasteiger partial charge in [0.1, 0.15) is 6.04 Å². The van der Waals surface area contributed by atoms with Crippen LogP contribution in [-0.2, 0) is 4.79 Å². The van der Waals surface area contributed by atoms with Crippen molar-refractivity contribution in [1.29, 1.82) is 0 Å². The van der Waals surface area contributed by atoms with Crippen molar-refractivity contribution in [2.24, 2.45) is 5.41 Å². The molecule has 30 heavy (non-hydrogen) atoms. The number of ketones is 1. The van der Waals surface area contributed by atoms with Gasteiger partial charge < -0.3 is 5.32 Å². The second-order valence-corrected chi connectivity index (χ2v) is 9.26. The second kappa shape index (κ2) is 6.93. The number of hydrogen-bond acceptors (Lipinski definition) is 5. The summed E-state index contributed by atoms with van der Waals surface area (Å²) in [6.45, 7) is 4.21. The molecule has 0 saturated heterocycles. The SMILES string of the molecule is CC1(C)CC(=O)C2=C(C1)Nc1nc(-c3ccc(Cl)c(Cl)c3)nn1C2c1ccccn1. The highest BCUT2D eigenvalue weighted by Crippen LogP contribution is 2.45. The topological polar surface area (TPSA) is 72.7 Å². The van der Waals surface area contributed by atoms with Crippen LogP contribution in [0.15, 0.2) is 53.9 Å². The molecule has 3 aromatic rings. The molecule has 2 aromatic heterocycles. The third-order valence-corrected chi connectivity index (χ3v) is 6.22. The van der Waals surface area contributed by atoms with Gasteiger partial charge in [-0.3, -0.25) is 9.78 Å². The number of nitrogens with zero attached hydrogens (tertiary/aromatic N) is 4. The molecular formula is C22H19Cl2N5O. The van der Waals surface area contributed by atoms with Crippen LogP contribution >= 0.6 is 23.2 Å². The molecule has 0 saturated carbocycles. The average Bonchev–Trinajstić information content (AvgIpc) is 3.12. The molecule has 152 valence electrons. The molecule has 0 fully saturated rings. The normalized spacial score (nSPS) is 19.9. The molecule has 0 spiro atoms. The molecule has 2 aliphatic rings. The molecule has 5 rings (SSSR count). The lowest BCUT2D eigenvalue weighted by molar-refractivity contribution is -0.118. The van der Waals surface area contributed by atoms with E-state index in [2.05, 4.69) is 24.1 Å². The van der Waals surface area contributed by atoms with E-state index in [9.17, 15) is 4.79 Å². The largest absolute Gasteiger partial charge is 0.328 e. The zero-order valence-corrected chi connectivity index (χ0v) is 18.0. The first-order valence-corrected chi connectivity index (χ1v) is 10.4. The van der Waals surface area contributed by atoms with Gasteiger partial charge in [-0.15, -0.1) is 5.10 Å². The van der Waals surface area contributed by atoms with Gasteiger partial charge in [-0.05, 0) is 42.2 Å². The fraction of sp³-hybridized carbons (Fsp3) is 0.273. The van der Waals surface area contributed by atoms with E-state index in [-0.39, 0.29) is 11.2 Å². The molecule has 1 N–H and O–H groups in total. The highest BCUT2D eigenvalue weighted by molar-refractivity contribution is 6.42. The number of halogens is 2. The van der Waals surface area contributed by atoms with E-state index in [1.165, 1.54) is 0 Å². The fourth-order valence-corrected chi connectivity index (χ4v) is 4.48. The number of allylic oxidation sites excluding steroid dienone is 2. The van der Waals surface area contributed by atoms with Crippen LogP contribution in [0.2, 0.25) is 10.0 Å². The summed E-state index contributed by atoms with van der Waals surface area (Å²) < 4.78 is 1.75. The van der Waals surface area contributed by atoms with E-state index >= 15 is 0 Å². The maximum Gasteiger partial charge on any atom is 0.226 e. The first-order chi connectivity index (χ1) is 14.3. The first kappa shape index (κ1) is 19.3. The number of carbonyl (C=O) groups is 1. The average molecular weight is 440 g/mol. The zero-order valence-electron chi connectivity index (χ0n) is 16.5. The molecule has 1 aromatic carbocycles. The van der Waals surface area contributed by atoms with Gasteiger partial charge in [0.15, 0.2) is 11.6 Å². The molecule has 6 nitrogen and oxygen atoms in total. The van der Waals surface area contributed by atoms with Gasteiger partial charge in [-0.1, -0.05) is 43.1 Å². The highest BCUT2D eigenvalue weighted by atomic mass is 35.5. The number of aromatic nitrogens is 4. The Bertz CT molecular complexity index is 1200. The predicted octanol–water partition coefficient (Wildman–Crippen LogP) is 5.31. The highest BCUT2D eigenvalue weighted by Gasteiger charge is 2.42. The number of benzene rings is 1. The van der Waals surface area contributed by atoms with Gasteiger partial charge in [0.2, 0.25) is 5.95 Å². The standard InChI is InChI=1S/C22H19Cl2N5O/c1-22(2)10-16-18(17(30)11-22)19(15-5-3-4-8-25-15)29-21(26-16)27-20(28-29)12-6-7-13(23)14(24)9-12/h3-9,19H,10-11H2,1-2H3,(H,26,27,28). The number of carbonyl (C=O) groups excluding carboxylic acids is 1. The Morgan fingerprint density at radius 1 is 1.13 bits per heavy atom. The van der Waals surface area contributed by atoms with Gasteiger partial charge >= 0.3 is 0 Å². The van der Waals surface area contributed by atoms with Crippen molar-refractivity contribution in [3.8, 4) is 11.4 Å². The van der Waals surface area contributed by atoms with Gasteiger partial charge in [0.05, 0.1) is 15.7 Å². The number of anilines is 1. The number of pyridine rings is 1. The third kappa shape index (κ3) is 3.20. The summed E-state index contributed by atoms with van der Waals surface area (Å²) in [5.74, 6) is 1.20. The van der Waals surface area contributed by atoms with Crippen LogP contribution in [0.4, 0.5) is 5.95 Å². The molecule has 0 bridgehead atoms. The minimum absolute atomic E-state index is 0.113. The van der Waals surface area contributed by atoms with Crippen molar-refractivity contribution < 1.29 is 4.79 Å². The molecule has 1 atom stereocenters. The Morgan fingerprint density at radius 3 is 2.70 bits per heavy atom. The summed E-state index contributed by atoms with van der Waals surface area (Å²) in [5, 5.41) is 9.00. The third-order valence-electron chi connectivity index (χ3n) is 5.48. The predicted molar refractivity (Wildman–Crippen MR) is 117 cm³/mol. The van der Waals surface area contributed by atoms with Gasteiger partial charge in [-0.25, -0.2) is 4.68 Å². The summed E-state index contributed by atoms with van der Waals surface area (Å²) in [7, 11) is 0. The van der Waals surface area contributed by atoms with Crippen LogP contribution in [0.5, 0.6) is 0 Å². The maximum absolute atomic E-state index is 13.2. The van der Waals surface area contributed by atoms with Crippen molar-refractivity contribution in [3.63, 3.8) is 0 Å². The van der Waals surface area contributed by atoms with E-state index in [0.29, 0.717) is 33.8 Å². The van der Waals surface area contributed by atoms with Crippen LogP contribution in [0.1, 0.15) is 38.4 Å². The monoisotopic (exact) mass is 439 g/mol. The number of Topliss-reactive ketones (excluding diaryl/α,β-unsaturated/α-hetero) is 1. The van der Waals surface area contributed by atoms with Gasteiger partial charge in [0, 0.05) is 29.5 Å². The smallest absolute Gasteiger partial charge is 0.226 e. The molecule has 0 amide bonds. The fourth-order valence-electron chi connectivity index (χ4n) is 4.18. The van der Waals surface area contributed by atoms with Crippen LogP contribution in [0.3, 0.4) is 0 Å². The number of rotatable bonds is 2. The summed E-state index contributed by atoms with van der Waals surface area (Å²) >= 11 is 12.2. The minimum Gasteiger partial charge on any atom is -0.328 e. The van der Waals surface area contributed by atoms with Gasteiger partial charge in [-0.2, -0.15) is 4.98 Å². The quantitative estimate of drug-likeness (QED) is 0.585. The second-order valence-electron chi connectivity index (χ2n) is 8.45. The summed E-state index contributed by atoms with van der Waals surface area (Å²) in [6.07, 6.45) is 2.97. The number of nitrogens with one attached hydrogen (secondary N) is 1. The number of fused-ring (bicyclic) bond motifs is 1. The molecule has 1 aliphatic carbocycles. The lowest BCUT2D eigenvalue weighted by Gasteiger charge is -2.37. The lowest BCUT2D eigenvalue weighted by Crippen LogP contribution is -2.36. The Morgan fingerprint density at radius 2 is 1.97 bits per heavy atom. The van der Waals surface area contributed by atoms with Crippen molar-refractivity contribution >= 4 is 34.9 Å². The zero-order chi connectivity index (χ0) is 21.0. The number of hydrogen-bond donors (Lipinski definition) is 1. The van der Waals surface area contributed by atoms with E-state index in [1.54, 1.807) is 23.0 Å². The van der Waals surface area contributed by atoms with E-state index in [1.807, 2.05) is 24.3 Å². The van der Waals surface area contributed by atoms with E-state index in [4.69, 9.17) is 33.3 Å². The van der Waals surface area contributed by atoms with Crippen molar-refractivity contribution in [1.82, 2.24) is 19.7 Å². The Hall–Kier alpha value is -2.70. The van der Waals surface area contributed by atoms with E-state index < -0.39 is 6.04 Å². The van der Waals surface area contributed by atoms with Crippen molar-refractivity contribution in [2.75, 3.05) is 5.32 Å². The Labute approximate surface area is 183 Å². The van der Waals surface area contributed by atoms with Crippen molar-refractivity contribution in [3.05, 3.63) is 69.6 Å². The Balaban J connectivity index is 1.67. The van der Waals surface area contributed by atoms with Gasteiger partial charge in [0.25, 0.3) is 0 Å². The molecule has 8 heteroatoms. The first-order valence-electron chi connectivity index (χ1n) is 9.68. The van der Waals surface area contributed by atoms with Crippen LogP contribution < -0.4 is 5.32 Å². The molecular weight excluding hydrogens is 421 g/mol. The molecule has 3 heterocycles.